The van der Waals surface area contributed by atoms with Crippen LogP contribution in [0.3, 0.4) is 0 Å². The van der Waals surface area contributed by atoms with Crippen molar-refractivity contribution in [2.45, 2.75) is 25.2 Å². The molecule has 112 valence electrons. The fourth-order valence-electron chi connectivity index (χ4n) is 2.02. The number of rotatable bonds is 4. The Balaban J connectivity index is 2.41. The molecule has 0 radical (unpaired) electrons. The van der Waals surface area contributed by atoms with Crippen molar-refractivity contribution in [2.24, 2.45) is 0 Å². The van der Waals surface area contributed by atoms with Gasteiger partial charge in [-0.3, -0.25) is 4.79 Å². The van der Waals surface area contributed by atoms with Gasteiger partial charge in [0.25, 0.3) is 5.56 Å². The standard InChI is InChI=1S/C15H18N2O3S/c1-4-11-8-14(10(2)16-15(11)18)17-12-6-5-7-13(9-12)21(3,19)20/h5-9,17H,4H2,1-3H3,(H,16,18). The maximum Gasteiger partial charge on any atom is 0.251 e. The van der Waals surface area contributed by atoms with Gasteiger partial charge in [0.15, 0.2) is 9.84 Å². The highest BCUT2D eigenvalue weighted by molar-refractivity contribution is 7.90. The van der Waals surface area contributed by atoms with Crippen LogP contribution in [0.1, 0.15) is 18.2 Å². The second-order valence-corrected chi connectivity index (χ2v) is 6.96. The summed E-state index contributed by atoms with van der Waals surface area (Å²) in [6.45, 7) is 3.71. The number of benzene rings is 1. The molecule has 0 saturated heterocycles. The molecule has 5 nitrogen and oxygen atoms in total. The first-order chi connectivity index (χ1) is 9.81. The molecule has 1 aromatic heterocycles. The summed E-state index contributed by atoms with van der Waals surface area (Å²) in [6, 6.07) is 8.38. The van der Waals surface area contributed by atoms with Gasteiger partial charge in [0.2, 0.25) is 0 Å². The molecule has 0 fully saturated rings. The Kier molecular flexibility index (Phi) is 4.18. The summed E-state index contributed by atoms with van der Waals surface area (Å²) in [7, 11) is -3.25. The van der Waals surface area contributed by atoms with Crippen molar-refractivity contribution in [2.75, 3.05) is 11.6 Å². The first kappa shape index (κ1) is 15.3. The van der Waals surface area contributed by atoms with Gasteiger partial charge in [-0.15, -0.1) is 0 Å². The lowest BCUT2D eigenvalue weighted by molar-refractivity contribution is 0.602. The minimum atomic E-state index is -3.25. The van der Waals surface area contributed by atoms with Gasteiger partial charge in [0.1, 0.15) is 0 Å². The minimum absolute atomic E-state index is 0.0922. The molecule has 0 amide bonds. The molecule has 0 unspecified atom stereocenters. The topological polar surface area (TPSA) is 79.0 Å². The predicted molar refractivity (Wildman–Crippen MR) is 84.0 cm³/mol. The number of aromatic amines is 1. The summed E-state index contributed by atoms with van der Waals surface area (Å²) in [5.74, 6) is 0. The van der Waals surface area contributed by atoms with Crippen molar-refractivity contribution >= 4 is 21.2 Å². The number of hydrogen-bond donors (Lipinski definition) is 2. The van der Waals surface area contributed by atoms with Gasteiger partial charge in [-0.05, 0) is 37.6 Å². The Morgan fingerprint density at radius 3 is 2.57 bits per heavy atom. The van der Waals surface area contributed by atoms with Crippen LogP contribution in [0.2, 0.25) is 0 Å². The molecule has 0 spiro atoms. The lowest BCUT2D eigenvalue weighted by Crippen LogP contribution is -2.14. The zero-order valence-corrected chi connectivity index (χ0v) is 13.0. The molecule has 0 saturated carbocycles. The number of sulfone groups is 1. The van der Waals surface area contributed by atoms with Crippen molar-refractivity contribution in [1.29, 1.82) is 0 Å². The van der Waals surface area contributed by atoms with E-state index in [1.54, 1.807) is 37.3 Å². The van der Waals surface area contributed by atoms with Gasteiger partial charge < -0.3 is 10.3 Å². The van der Waals surface area contributed by atoms with E-state index in [-0.39, 0.29) is 10.5 Å². The first-order valence-corrected chi connectivity index (χ1v) is 8.50. The lowest BCUT2D eigenvalue weighted by atomic mass is 10.1. The highest BCUT2D eigenvalue weighted by Crippen LogP contribution is 2.21. The number of H-pyrrole nitrogens is 1. The molecule has 0 aliphatic rings. The van der Waals surface area contributed by atoms with Crippen LogP contribution in [-0.2, 0) is 16.3 Å². The number of aryl methyl sites for hydroxylation is 2. The van der Waals surface area contributed by atoms with Crippen LogP contribution in [-0.4, -0.2) is 19.7 Å². The average molecular weight is 306 g/mol. The number of anilines is 2. The third kappa shape index (κ3) is 3.52. The van der Waals surface area contributed by atoms with E-state index in [1.165, 1.54) is 6.26 Å². The molecule has 0 atom stereocenters. The number of hydrogen-bond acceptors (Lipinski definition) is 4. The van der Waals surface area contributed by atoms with Crippen LogP contribution in [0.25, 0.3) is 0 Å². The molecule has 1 aromatic carbocycles. The molecule has 2 aromatic rings. The Morgan fingerprint density at radius 2 is 1.95 bits per heavy atom. The van der Waals surface area contributed by atoms with E-state index in [2.05, 4.69) is 10.3 Å². The second-order valence-electron chi connectivity index (χ2n) is 4.94. The summed E-state index contributed by atoms with van der Waals surface area (Å²) in [4.78, 5) is 14.7. The molecule has 6 heteroatoms. The Bertz CT molecular complexity index is 823. The van der Waals surface area contributed by atoms with Crippen molar-refractivity contribution in [1.82, 2.24) is 4.98 Å². The average Bonchev–Trinajstić information content (AvgIpc) is 2.41. The predicted octanol–water partition coefficient (Wildman–Crippen LogP) is 2.39. The van der Waals surface area contributed by atoms with Crippen LogP contribution in [0, 0.1) is 6.92 Å². The van der Waals surface area contributed by atoms with Gasteiger partial charge in [-0.1, -0.05) is 13.0 Å². The van der Waals surface area contributed by atoms with Gasteiger partial charge in [-0.25, -0.2) is 8.42 Å². The zero-order valence-electron chi connectivity index (χ0n) is 12.2. The van der Waals surface area contributed by atoms with E-state index < -0.39 is 9.84 Å². The third-order valence-electron chi connectivity index (χ3n) is 3.24. The van der Waals surface area contributed by atoms with E-state index in [0.29, 0.717) is 23.4 Å². The summed E-state index contributed by atoms with van der Waals surface area (Å²) >= 11 is 0. The van der Waals surface area contributed by atoms with E-state index in [1.807, 2.05) is 6.92 Å². The molecule has 2 rings (SSSR count). The zero-order chi connectivity index (χ0) is 15.6. The fraction of sp³-hybridized carbons (Fsp3) is 0.267. The smallest absolute Gasteiger partial charge is 0.251 e. The van der Waals surface area contributed by atoms with E-state index >= 15 is 0 Å². The van der Waals surface area contributed by atoms with Gasteiger partial charge in [0, 0.05) is 23.2 Å². The van der Waals surface area contributed by atoms with Crippen LogP contribution < -0.4 is 10.9 Å². The number of aromatic nitrogens is 1. The molecular formula is C15H18N2O3S. The summed E-state index contributed by atoms with van der Waals surface area (Å²) in [6.07, 6.45) is 1.81. The highest BCUT2D eigenvalue weighted by atomic mass is 32.2. The van der Waals surface area contributed by atoms with Gasteiger partial charge in [-0.2, -0.15) is 0 Å². The van der Waals surface area contributed by atoms with Crippen molar-refractivity contribution in [3.05, 3.63) is 51.9 Å². The third-order valence-corrected chi connectivity index (χ3v) is 4.35. The Labute approximate surface area is 124 Å². The van der Waals surface area contributed by atoms with Crippen LogP contribution in [0.5, 0.6) is 0 Å². The largest absolute Gasteiger partial charge is 0.354 e. The van der Waals surface area contributed by atoms with Crippen molar-refractivity contribution < 1.29 is 8.42 Å². The maximum absolute atomic E-state index is 11.7. The molecule has 0 aliphatic heterocycles. The molecule has 0 aliphatic carbocycles. The SMILES string of the molecule is CCc1cc(Nc2cccc(S(C)(=O)=O)c2)c(C)[nH]c1=O. The fourth-order valence-corrected chi connectivity index (χ4v) is 2.69. The maximum atomic E-state index is 11.7. The summed E-state index contributed by atoms with van der Waals surface area (Å²) < 4.78 is 23.1. The molecule has 1 heterocycles. The second kappa shape index (κ2) is 5.73. The van der Waals surface area contributed by atoms with Gasteiger partial charge in [0.05, 0.1) is 10.6 Å². The molecule has 0 bridgehead atoms. The first-order valence-electron chi connectivity index (χ1n) is 6.61. The minimum Gasteiger partial charge on any atom is -0.354 e. The molecule has 2 N–H and O–H groups in total. The van der Waals surface area contributed by atoms with E-state index in [9.17, 15) is 13.2 Å². The van der Waals surface area contributed by atoms with E-state index in [0.717, 1.165) is 5.69 Å². The Morgan fingerprint density at radius 1 is 1.24 bits per heavy atom. The van der Waals surface area contributed by atoms with Crippen LogP contribution in [0.15, 0.2) is 40.0 Å². The van der Waals surface area contributed by atoms with Crippen molar-refractivity contribution in [3.8, 4) is 0 Å². The normalized spacial score (nSPS) is 11.4. The quantitative estimate of drug-likeness (QED) is 0.909. The van der Waals surface area contributed by atoms with Gasteiger partial charge >= 0.3 is 0 Å². The highest BCUT2D eigenvalue weighted by Gasteiger charge is 2.09. The number of pyridine rings is 1. The summed E-state index contributed by atoms with van der Waals surface area (Å²) in [5, 5.41) is 3.15. The monoisotopic (exact) mass is 306 g/mol. The Hall–Kier alpha value is -2.08. The van der Waals surface area contributed by atoms with Crippen LogP contribution >= 0.6 is 0 Å². The lowest BCUT2D eigenvalue weighted by Gasteiger charge is -2.11. The van der Waals surface area contributed by atoms with E-state index in [4.69, 9.17) is 0 Å². The number of nitrogens with one attached hydrogen (secondary N) is 2. The van der Waals surface area contributed by atoms with Crippen molar-refractivity contribution in [3.63, 3.8) is 0 Å². The molecule has 21 heavy (non-hydrogen) atoms. The molecular weight excluding hydrogens is 288 g/mol. The van der Waals surface area contributed by atoms with Crippen LogP contribution in [0.4, 0.5) is 11.4 Å². The summed E-state index contributed by atoms with van der Waals surface area (Å²) in [5.41, 5.74) is 2.72.